The minimum Gasteiger partial charge on any atom is -0.494 e. The van der Waals surface area contributed by atoms with Gasteiger partial charge in [-0.2, -0.15) is 5.26 Å². The standard InChI is InChI=1S/C14H16N4O2S/c1-20-12-6-3-9(13(19)17-10-4-5-10)7-11(12)18-14(21-2)16-8-15/h3,6-7,10H,4-5H2,1-2H3,(H,16,18)(H,17,19). The molecule has 0 bridgehead atoms. The van der Waals surface area contributed by atoms with Gasteiger partial charge in [0.05, 0.1) is 7.11 Å². The van der Waals surface area contributed by atoms with Crippen LogP contribution in [0.1, 0.15) is 23.2 Å². The topological polar surface area (TPSA) is 86.5 Å². The van der Waals surface area contributed by atoms with E-state index in [4.69, 9.17) is 10.00 Å². The zero-order valence-electron chi connectivity index (χ0n) is 11.8. The van der Waals surface area contributed by atoms with Crippen molar-refractivity contribution in [2.24, 2.45) is 4.99 Å². The predicted molar refractivity (Wildman–Crippen MR) is 82.8 cm³/mol. The van der Waals surface area contributed by atoms with Crippen LogP contribution in [0, 0.1) is 11.5 Å². The molecule has 0 heterocycles. The number of carbonyl (C=O) groups is 1. The van der Waals surface area contributed by atoms with Crippen LogP contribution >= 0.6 is 11.8 Å². The van der Waals surface area contributed by atoms with E-state index in [0.29, 0.717) is 28.2 Å². The fraction of sp³-hybridized carbons (Fsp3) is 0.357. The van der Waals surface area contributed by atoms with Crippen LogP contribution in [0.4, 0.5) is 5.69 Å². The minimum absolute atomic E-state index is 0.115. The van der Waals surface area contributed by atoms with Gasteiger partial charge in [-0.05, 0) is 37.3 Å². The average molecular weight is 304 g/mol. The molecule has 1 aromatic rings. The molecule has 110 valence electrons. The molecule has 1 aliphatic rings. The summed E-state index contributed by atoms with van der Waals surface area (Å²) >= 11 is 1.30. The predicted octanol–water partition coefficient (Wildman–Crippen LogP) is 2.01. The first-order chi connectivity index (χ1) is 10.2. The maximum Gasteiger partial charge on any atom is 0.251 e. The Balaban J connectivity index is 2.28. The van der Waals surface area contributed by atoms with Crippen LogP contribution in [-0.4, -0.2) is 30.5 Å². The van der Waals surface area contributed by atoms with Crippen molar-refractivity contribution in [3.8, 4) is 11.9 Å². The number of hydrogen-bond acceptors (Lipinski definition) is 5. The van der Waals surface area contributed by atoms with Crippen LogP contribution in [0.5, 0.6) is 5.75 Å². The molecule has 0 atom stereocenters. The molecule has 0 radical (unpaired) electrons. The second-order valence-corrected chi connectivity index (χ2v) is 5.29. The first kappa shape index (κ1) is 15.2. The fourth-order valence-corrected chi connectivity index (χ4v) is 2.03. The maximum atomic E-state index is 12.1. The quantitative estimate of drug-likeness (QED) is 0.384. The maximum absolute atomic E-state index is 12.1. The van der Waals surface area contributed by atoms with Crippen molar-refractivity contribution in [1.82, 2.24) is 10.6 Å². The zero-order chi connectivity index (χ0) is 15.2. The van der Waals surface area contributed by atoms with Crippen molar-refractivity contribution in [3.05, 3.63) is 23.8 Å². The fourth-order valence-electron chi connectivity index (χ4n) is 1.70. The number of nitrogens with zero attached hydrogens (tertiary/aromatic N) is 2. The number of carbonyl (C=O) groups excluding carboxylic acids is 1. The molecule has 1 fully saturated rings. The SMILES string of the molecule is COc1ccc(C(=O)NC2CC2)cc1N=C(NC#N)SC. The summed E-state index contributed by atoms with van der Waals surface area (Å²) in [6.45, 7) is 0. The molecule has 0 aromatic heterocycles. The Kier molecular flexibility index (Phi) is 5.06. The van der Waals surface area contributed by atoms with E-state index in [-0.39, 0.29) is 5.91 Å². The van der Waals surface area contributed by atoms with E-state index >= 15 is 0 Å². The van der Waals surface area contributed by atoms with E-state index in [1.807, 2.05) is 6.19 Å². The Morgan fingerprint density at radius 1 is 1.52 bits per heavy atom. The third-order valence-corrected chi connectivity index (χ3v) is 3.51. The lowest BCUT2D eigenvalue weighted by Gasteiger charge is -2.09. The molecule has 7 heteroatoms. The van der Waals surface area contributed by atoms with Crippen LogP contribution in [0.3, 0.4) is 0 Å². The Bertz CT molecular complexity index is 605. The molecule has 21 heavy (non-hydrogen) atoms. The number of benzene rings is 1. The molecule has 1 saturated carbocycles. The lowest BCUT2D eigenvalue weighted by molar-refractivity contribution is 0.0951. The van der Waals surface area contributed by atoms with Gasteiger partial charge in [0, 0.05) is 11.6 Å². The molecule has 6 nitrogen and oxygen atoms in total. The summed E-state index contributed by atoms with van der Waals surface area (Å²) in [6.07, 6.45) is 5.71. The van der Waals surface area contributed by atoms with Gasteiger partial charge in [-0.15, -0.1) is 0 Å². The van der Waals surface area contributed by atoms with Gasteiger partial charge in [0.1, 0.15) is 11.4 Å². The first-order valence-electron chi connectivity index (χ1n) is 6.44. The van der Waals surface area contributed by atoms with Gasteiger partial charge < -0.3 is 10.1 Å². The van der Waals surface area contributed by atoms with Gasteiger partial charge >= 0.3 is 0 Å². The molecule has 1 aliphatic carbocycles. The third kappa shape index (κ3) is 4.13. The van der Waals surface area contributed by atoms with Crippen LogP contribution in [-0.2, 0) is 0 Å². The van der Waals surface area contributed by atoms with Crippen LogP contribution in [0.25, 0.3) is 0 Å². The largest absolute Gasteiger partial charge is 0.494 e. The lowest BCUT2D eigenvalue weighted by atomic mass is 10.1. The monoisotopic (exact) mass is 304 g/mol. The zero-order valence-corrected chi connectivity index (χ0v) is 12.7. The van der Waals surface area contributed by atoms with Gasteiger partial charge in [0.25, 0.3) is 5.91 Å². The Labute approximate surface area is 127 Å². The summed E-state index contributed by atoms with van der Waals surface area (Å²) in [5.74, 6) is 0.430. The van der Waals surface area contributed by atoms with Gasteiger partial charge in [0.15, 0.2) is 11.4 Å². The van der Waals surface area contributed by atoms with Gasteiger partial charge in [-0.1, -0.05) is 11.8 Å². The number of nitrogens with one attached hydrogen (secondary N) is 2. The molecule has 0 spiro atoms. The summed E-state index contributed by atoms with van der Waals surface area (Å²) < 4.78 is 5.24. The number of thioether (sulfide) groups is 1. The van der Waals surface area contributed by atoms with Crippen molar-refractivity contribution in [2.45, 2.75) is 18.9 Å². The number of amides is 1. The first-order valence-corrected chi connectivity index (χ1v) is 7.67. The van der Waals surface area contributed by atoms with Crippen molar-refractivity contribution in [3.63, 3.8) is 0 Å². The highest BCUT2D eigenvalue weighted by Crippen LogP contribution is 2.29. The molecule has 2 N–H and O–H groups in total. The lowest BCUT2D eigenvalue weighted by Crippen LogP contribution is -2.25. The highest BCUT2D eigenvalue weighted by molar-refractivity contribution is 8.13. The Morgan fingerprint density at radius 2 is 2.29 bits per heavy atom. The van der Waals surface area contributed by atoms with Crippen molar-refractivity contribution >= 4 is 28.5 Å². The van der Waals surface area contributed by atoms with E-state index < -0.39 is 0 Å². The van der Waals surface area contributed by atoms with Gasteiger partial charge in [-0.25, -0.2) is 4.99 Å². The summed E-state index contributed by atoms with van der Waals surface area (Å²) in [7, 11) is 1.54. The van der Waals surface area contributed by atoms with E-state index in [1.54, 1.807) is 24.5 Å². The van der Waals surface area contributed by atoms with E-state index in [2.05, 4.69) is 15.6 Å². The Hall–Kier alpha value is -2.20. The molecule has 0 aliphatic heterocycles. The van der Waals surface area contributed by atoms with Crippen LogP contribution in [0.2, 0.25) is 0 Å². The van der Waals surface area contributed by atoms with E-state index in [0.717, 1.165) is 12.8 Å². The van der Waals surface area contributed by atoms with Crippen molar-refractivity contribution < 1.29 is 9.53 Å². The van der Waals surface area contributed by atoms with Crippen molar-refractivity contribution in [1.29, 1.82) is 5.26 Å². The molecular formula is C14H16N4O2S. The van der Waals surface area contributed by atoms with Gasteiger partial charge in [0.2, 0.25) is 0 Å². The number of nitriles is 1. The third-order valence-electron chi connectivity index (χ3n) is 2.93. The summed E-state index contributed by atoms with van der Waals surface area (Å²) in [4.78, 5) is 16.4. The summed E-state index contributed by atoms with van der Waals surface area (Å²) in [5, 5.41) is 14.5. The number of ether oxygens (including phenoxy) is 1. The number of aliphatic imine (C=N–C) groups is 1. The molecule has 1 amide bonds. The van der Waals surface area contributed by atoms with E-state index in [1.165, 1.54) is 18.9 Å². The number of amidine groups is 1. The summed E-state index contributed by atoms with van der Waals surface area (Å²) in [5.41, 5.74) is 1.03. The molecular weight excluding hydrogens is 288 g/mol. The average Bonchev–Trinajstić information content (AvgIpc) is 3.30. The minimum atomic E-state index is -0.115. The molecule has 0 unspecified atom stereocenters. The van der Waals surface area contributed by atoms with E-state index in [9.17, 15) is 4.79 Å². The number of rotatable bonds is 4. The molecule has 1 aromatic carbocycles. The van der Waals surface area contributed by atoms with Crippen LogP contribution in [0.15, 0.2) is 23.2 Å². The number of methoxy groups -OCH3 is 1. The molecule has 0 saturated heterocycles. The Morgan fingerprint density at radius 3 is 2.86 bits per heavy atom. The smallest absolute Gasteiger partial charge is 0.251 e. The second kappa shape index (κ2) is 6.99. The second-order valence-electron chi connectivity index (χ2n) is 4.49. The van der Waals surface area contributed by atoms with Crippen LogP contribution < -0.4 is 15.4 Å². The summed E-state index contributed by atoms with van der Waals surface area (Å²) in [6, 6.07) is 5.36. The van der Waals surface area contributed by atoms with Crippen molar-refractivity contribution in [2.75, 3.05) is 13.4 Å². The highest BCUT2D eigenvalue weighted by atomic mass is 32.2. The normalized spacial score (nSPS) is 14.2. The number of hydrogen-bond donors (Lipinski definition) is 2. The van der Waals surface area contributed by atoms with Gasteiger partial charge in [-0.3, -0.25) is 10.1 Å². The molecule has 2 rings (SSSR count). The highest BCUT2D eigenvalue weighted by Gasteiger charge is 2.24.